The SMILES string of the molecule is CCCCCCCCCCCOCCOCC(C)OC1CCCO1. The normalized spacial score (nSPS) is 19.0. The molecule has 2 atom stereocenters. The molecular weight excluding hydrogens is 304 g/mol. The van der Waals surface area contributed by atoms with Crippen LogP contribution in [0.3, 0.4) is 0 Å². The molecule has 0 N–H and O–H groups in total. The van der Waals surface area contributed by atoms with Crippen molar-refractivity contribution in [3.8, 4) is 0 Å². The second kappa shape index (κ2) is 16.3. The van der Waals surface area contributed by atoms with Crippen LogP contribution in [0.1, 0.15) is 84.5 Å². The molecule has 0 aromatic carbocycles. The van der Waals surface area contributed by atoms with Gasteiger partial charge in [0.25, 0.3) is 0 Å². The highest BCUT2D eigenvalue weighted by molar-refractivity contribution is 4.57. The minimum atomic E-state index is -0.0218. The Morgan fingerprint density at radius 2 is 1.54 bits per heavy atom. The van der Waals surface area contributed by atoms with Crippen LogP contribution in [0.15, 0.2) is 0 Å². The van der Waals surface area contributed by atoms with Crippen molar-refractivity contribution < 1.29 is 18.9 Å². The molecule has 0 spiro atoms. The summed E-state index contributed by atoms with van der Waals surface area (Å²) in [4.78, 5) is 0. The van der Waals surface area contributed by atoms with Gasteiger partial charge >= 0.3 is 0 Å². The average molecular weight is 345 g/mol. The maximum Gasteiger partial charge on any atom is 0.158 e. The van der Waals surface area contributed by atoms with Crippen molar-refractivity contribution in [2.24, 2.45) is 0 Å². The monoisotopic (exact) mass is 344 g/mol. The summed E-state index contributed by atoms with van der Waals surface area (Å²) in [6.45, 7) is 7.93. The summed E-state index contributed by atoms with van der Waals surface area (Å²) in [5.41, 5.74) is 0. The van der Waals surface area contributed by atoms with E-state index in [0.29, 0.717) is 19.8 Å². The maximum atomic E-state index is 5.74. The van der Waals surface area contributed by atoms with Gasteiger partial charge in [0.15, 0.2) is 6.29 Å². The van der Waals surface area contributed by atoms with Gasteiger partial charge in [0.05, 0.1) is 25.9 Å². The van der Waals surface area contributed by atoms with E-state index in [-0.39, 0.29) is 12.4 Å². The Bertz CT molecular complexity index is 254. The van der Waals surface area contributed by atoms with Crippen LogP contribution in [0, 0.1) is 0 Å². The largest absolute Gasteiger partial charge is 0.379 e. The lowest BCUT2D eigenvalue weighted by molar-refractivity contribution is -0.154. The average Bonchev–Trinajstić information content (AvgIpc) is 3.08. The molecular formula is C20H40O4. The number of hydrogen-bond donors (Lipinski definition) is 0. The third kappa shape index (κ3) is 13.2. The van der Waals surface area contributed by atoms with E-state index in [1.54, 1.807) is 0 Å². The Hall–Kier alpha value is -0.160. The van der Waals surface area contributed by atoms with Gasteiger partial charge in [-0.1, -0.05) is 58.3 Å². The first-order valence-electron chi connectivity index (χ1n) is 10.3. The highest BCUT2D eigenvalue weighted by Crippen LogP contribution is 2.15. The summed E-state index contributed by atoms with van der Waals surface area (Å²) in [5, 5.41) is 0. The van der Waals surface area contributed by atoms with E-state index < -0.39 is 0 Å². The van der Waals surface area contributed by atoms with Crippen LogP contribution in [-0.2, 0) is 18.9 Å². The fourth-order valence-electron chi connectivity index (χ4n) is 2.94. The van der Waals surface area contributed by atoms with Gasteiger partial charge in [0.2, 0.25) is 0 Å². The molecule has 1 aliphatic heterocycles. The summed E-state index contributed by atoms with van der Waals surface area (Å²) >= 11 is 0. The van der Waals surface area contributed by atoms with Crippen molar-refractivity contribution in [1.82, 2.24) is 0 Å². The van der Waals surface area contributed by atoms with Gasteiger partial charge in [0, 0.05) is 19.6 Å². The highest BCUT2D eigenvalue weighted by atomic mass is 16.7. The van der Waals surface area contributed by atoms with Crippen molar-refractivity contribution in [1.29, 1.82) is 0 Å². The van der Waals surface area contributed by atoms with Crippen LogP contribution < -0.4 is 0 Å². The first-order valence-corrected chi connectivity index (χ1v) is 10.3. The number of hydrogen-bond acceptors (Lipinski definition) is 4. The molecule has 1 saturated heterocycles. The zero-order chi connectivity index (χ0) is 17.3. The minimum Gasteiger partial charge on any atom is -0.379 e. The Labute approximate surface area is 149 Å². The molecule has 0 aromatic heterocycles. The van der Waals surface area contributed by atoms with Crippen LogP contribution in [0.25, 0.3) is 0 Å². The summed E-state index contributed by atoms with van der Waals surface area (Å²) in [6, 6.07) is 0. The summed E-state index contributed by atoms with van der Waals surface area (Å²) in [6.07, 6.45) is 14.3. The third-order valence-electron chi connectivity index (χ3n) is 4.39. The molecule has 2 unspecified atom stereocenters. The van der Waals surface area contributed by atoms with Crippen LogP contribution in [0.2, 0.25) is 0 Å². The van der Waals surface area contributed by atoms with Crippen LogP contribution in [0.4, 0.5) is 0 Å². The minimum absolute atomic E-state index is 0.0218. The van der Waals surface area contributed by atoms with E-state index >= 15 is 0 Å². The second-order valence-electron chi connectivity index (χ2n) is 6.90. The molecule has 0 aromatic rings. The van der Waals surface area contributed by atoms with Crippen LogP contribution in [0.5, 0.6) is 0 Å². The lowest BCUT2D eigenvalue weighted by atomic mass is 10.1. The zero-order valence-electron chi connectivity index (χ0n) is 16.1. The van der Waals surface area contributed by atoms with Crippen molar-refractivity contribution in [2.75, 3.05) is 33.0 Å². The molecule has 0 bridgehead atoms. The molecule has 1 rings (SSSR count). The summed E-state index contributed by atoms with van der Waals surface area (Å²) < 4.78 is 22.4. The lowest BCUT2D eigenvalue weighted by Gasteiger charge is -2.17. The number of unbranched alkanes of at least 4 members (excludes halogenated alkanes) is 8. The van der Waals surface area contributed by atoms with Crippen LogP contribution in [-0.4, -0.2) is 45.4 Å². The topological polar surface area (TPSA) is 36.9 Å². The van der Waals surface area contributed by atoms with E-state index in [1.807, 2.05) is 6.92 Å². The van der Waals surface area contributed by atoms with Gasteiger partial charge in [0.1, 0.15) is 0 Å². The van der Waals surface area contributed by atoms with Gasteiger partial charge in [-0.15, -0.1) is 0 Å². The van der Waals surface area contributed by atoms with Gasteiger partial charge in [-0.05, 0) is 19.8 Å². The quantitative estimate of drug-likeness (QED) is 0.344. The van der Waals surface area contributed by atoms with E-state index in [9.17, 15) is 0 Å². The molecule has 1 heterocycles. The Kier molecular flexibility index (Phi) is 14.9. The van der Waals surface area contributed by atoms with Crippen LogP contribution >= 0.6 is 0 Å². The van der Waals surface area contributed by atoms with Crippen molar-refractivity contribution in [2.45, 2.75) is 96.9 Å². The van der Waals surface area contributed by atoms with Gasteiger partial charge < -0.3 is 18.9 Å². The van der Waals surface area contributed by atoms with E-state index in [1.165, 1.54) is 57.8 Å². The number of ether oxygens (including phenoxy) is 4. The van der Waals surface area contributed by atoms with Gasteiger partial charge in [-0.3, -0.25) is 0 Å². The lowest BCUT2D eigenvalue weighted by Crippen LogP contribution is -2.24. The molecule has 4 nitrogen and oxygen atoms in total. The van der Waals surface area contributed by atoms with Gasteiger partial charge in [-0.2, -0.15) is 0 Å². The molecule has 0 aliphatic carbocycles. The molecule has 0 amide bonds. The highest BCUT2D eigenvalue weighted by Gasteiger charge is 2.18. The predicted molar refractivity (Wildman–Crippen MR) is 98.4 cm³/mol. The molecule has 0 saturated carbocycles. The number of rotatable bonds is 17. The fraction of sp³-hybridized carbons (Fsp3) is 1.00. The van der Waals surface area contributed by atoms with E-state index in [2.05, 4.69) is 6.92 Å². The molecule has 144 valence electrons. The Morgan fingerprint density at radius 3 is 2.21 bits per heavy atom. The van der Waals surface area contributed by atoms with Gasteiger partial charge in [-0.25, -0.2) is 0 Å². The van der Waals surface area contributed by atoms with Crippen molar-refractivity contribution >= 4 is 0 Å². The predicted octanol–water partition coefficient (Wildman–Crippen LogP) is 5.09. The van der Waals surface area contributed by atoms with Crippen molar-refractivity contribution in [3.63, 3.8) is 0 Å². The zero-order valence-corrected chi connectivity index (χ0v) is 16.1. The smallest absolute Gasteiger partial charge is 0.158 e. The molecule has 1 fully saturated rings. The fourth-order valence-corrected chi connectivity index (χ4v) is 2.94. The van der Waals surface area contributed by atoms with E-state index in [4.69, 9.17) is 18.9 Å². The molecule has 0 radical (unpaired) electrons. The maximum absolute atomic E-state index is 5.74. The standard InChI is InChI=1S/C20H40O4/c1-3-4-5-6-7-8-9-10-11-14-21-16-17-22-18-19(2)24-20-13-12-15-23-20/h19-20H,3-18H2,1-2H3. The Balaban J connectivity index is 1.71. The van der Waals surface area contributed by atoms with E-state index in [0.717, 1.165) is 26.1 Å². The Morgan fingerprint density at radius 1 is 0.875 bits per heavy atom. The first kappa shape index (κ1) is 21.9. The summed E-state index contributed by atoms with van der Waals surface area (Å²) in [7, 11) is 0. The molecule has 24 heavy (non-hydrogen) atoms. The summed E-state index contributed by atoms with van der Waals surface area (Å²) in [5.74, 6) is 0. The molecule has 4 heteroatoms. The second-order valence-corrected chi connectivity index (χ2v) is 6.90. The molecule has 1 aliphatic rings. The third-order valence-corrected chi connectivity index (χ3v) is 4.39. The first-order chi connectivity index (χ1) is 11.8. The van der Waals surface area contributed by atoms with Crippen molar-refractivity contribution in [3.05, 3.63) is 0 Å².